The predicted octanol–water partition coefficient (Wildman–Crippen LogP) is 8.44. The van der Waals surface area contributed by atoms with Crippen molar-refractivity contribution in [1.29, 1.82) is 0 Å². The van der Waals surface area contributed by atoms with Gasteiger partial charge in [0.05, 0.1) is 22.5 Å². The van der Waals surface area contributed by atoms with Crippen molar-refractivity contribution < 1.29 is 27.5 Å². The number of aryl methyl sites for hydroxylation is 2. The van der Waals surface area contributed by atoms with Crippen molar-refractivity contribution in [2.75, 3.05) is 11.4 Å². The molecule has 13 heteroatoms. The number of rotatable bonds is 9. The molecule has 1 aliphatic rings. The van der Waals surface area contributed by atoms with Gasteiger partial charge in [-0.2, -0.15) is 13.2 Å². The molecule has 4 aromatic heterocycles. The molecule has 2 amide bonds. The molecule has 0 aliphatic carbocycles. The molecule has 2 atom stereocenters. The van der Waals surface area contributed by atoms with E-state index in [4.69, 9.17) is 4.74 Å². The largest absolute Gasteiger partial charge is 0.481 e. The minimum atomic E-state index is -4.42. The molecule has 5 heterocycles. The maximum atomic E-state index is 12.7. The van der Waals surface area contributed by atoms with E-state index in [1.807, 2.05) is 31.2 Å². The third-order valence-electron chi connectivity index (χ3n) is 9.72. The van der Waals surface area contributed by atoms with Crippen molar-refractivity contribution in [1.82, 2.24) is 30.6 Å². The maximum Gasteiger partial charge on any atom is 0.425 e. The summed E-state index contributed by atoms with van der Waals surface area (Å²) in [4.78, 5) is 44.8. The monoisotopic (exact) mass is 763 g/mol. The van der Waals surface area contributed by atoms with Gasteiger partial charge >= 0.3 is 6.18 Å². The van der Waals surface area contributed by atoms with Crippen molar-refractivity contribution >= 4 is 39.6 Å². The molecule has 56 heavy (non-hydrogen) atoms. The molecule has 10 nitrogen and oxygen atoms in total. The smallest absolute Gasteiger partial charge is 0.425 e. The molecule has 6 aromatic rings. The number of nitrogens with one attached hydrogen (secondary N) is 2. The van der Waals surface area contributed by atoms with Crippen LogP contribution in [-0.4, -0.2) is 56.6 Å². The fourth-order valence-electron chi connectivity index (χ4n) is 6.45. The summed E-state index contributed by atoms with van der Waals surface area (Å²) < 4.78 is 42.5. The van der Waals surface area contributed by atoms with E-state index in [9.17, 15) is 22.8 Å². The minimum absolute atomic E-state index is 0.107. The van der Waals surface area contributed by atoms with Crippen molar-refractivity contribution in [3.63, 3.8) is 0 Å². The van der Waals surface area contributed by atoms with Gasteiger partial charge in [0, 0.05) is 54.5 Å². The molecule has 1 saturated heterocycles. The van der Waals surface area contributed by atoms with Gasteiger partial charge in [-0.05, 0) is 119 Å². The van der Waals surface area contributed by atoms with Gasteiger partial charge in [0.2, 0.25) is 0 Å². The molecule has 1 aliphatic heterocycles. The molecule has 0 saturated carbocycles. The lowest BCUT2D eigenvalue weighted by molar-refractivity contribution is -0.189. The van der Waals surface area contributed by atoms with E-state index in [1.165, 1.54) is 37.1 Å². The Morgan fingerprint density at radius 2 is 1.29 bits per heavy atom. The Balaban J connectivity index is 0.000000190. The van der Waals surface area contributed by atoms with Gasteiger partial charge in [-0.3, -0.25) is 9.59 Å². The number of carbonyl (C=O) groups excluding carboxylic acids is 2. The average molecular weight is 764 g/mol. The number of fused-ring (bicyclic) bond motifs is 2. The first kappa shape index (κ1) is 39.6. The Morgan fingerprint density at radius 1 is 0.786 bits per heavy atom. The van der Waals surface area contributed by atoms with Crippen molar-refractivity contribution in [2.45, 2.75) is 78.4 Å². The van der Waals surface area contributed by atoms with Crippen LogP contribution in [0.2, 0.25) is 0 Å². The van der Waals surface area contributed by atoms with Crippen LogP contribution in [0.25, 0.3) is 22.1 Å². The lowest BCUT2D eigenvalue weighted by Crippen LogP contribution is -2.37. The second-order valence-electron chi connectivity index (χ2n) is 13.9. The quantitative estimate of drug-likeness (QED) is 0.151. The number of halogens is 3. The number of carbonyl (C=O) groups is 2. The third-order valence-corrected chi connectivity index (χ3v) is 9.72. The van der Waals surface area contributed by atoms with Gasteiger partial charge in [-0.1, -0.05) is 24.3 Å². The summed E-state index contributed by atoms with van der Waals surface area (Å²) in [6.07, 6.45) is 0.870. The van der Waals surface area contributed by atoms with E-state index < -0.39 is 12.3 Å². The van der Waals surface area contributed by atoms with Gasteiger partial charge in [0.25, 0.3) is 11.8 Å². The normalized spacial score (nSPS) is 14.8. The molecule has 290 valence electrons. The van der Waals surface area contributed by atoms with Gasteiger partial charge in [-0.25, -0.2) is 19.9 Å². The Labute approximate surface area is 323 Å². The van der Waals surface area contributed by atoms with Crippen molar-refractivity contribution in [2.24, 2.45) is 0 Å². The molecule has 2 N–H and O–H groups in total. The molecule has 1 fully saturated rings. The van der Waals surface area contributed by atoms with E-state index in [2.05, 4.69) is 66.7 Å². The summed E-state index contributed by atoms with van der Waals surface area (Å²) in [7, 11) is 0. The van der Waals surface area contributed by atoms with E-state index in [0.29, 0.717) is 46.4 Å². The first-order valence-electron chi connectivity index (χ1n) is 18.5. The van der Waals surface area contributed by atoms with Gasteiger partial charge in [-0.15, -0.1) is 0 Å². The average Bonchev–Trinajstić information content (AvgIpc) is 3.19. The fraction of sp³-hybridized carbons (Fsp3) is 0.302. The highest BCUT2D eigenvalue weighted by atomic mass is 19.4. The number of amides is 2. The summed E-state index contributed by atoms with van der Waals surface area (Å²) in [6.45, 7) is 8.67. The van der Waals surface area contributed by atoms with E-state index in [1.54, 1.807) is 43.6 Å². The van der Waals surface area contributed by atoms with Crippen LogP contribution in [0.15, 0.2) is 97.3 Å². The Kier molecular flexibility index (Phi) is 12.4. The van der Waals surface area contributed by atoms with E-state index in [0.717, 1.165) is 35.4 Å². The second-order valence-corrected chi connectivity index (χ2v) is 13.9. The highest BCUT2D eigenvalue weighted by Crippen LogP contribution is 2.26. The first-order valence-corrected chi connectivity index (χ1v) is 18.5. The Morgan fingerprint density at radius 3 is 1.77 bits per heavy atom. The minimum Gasteiger partial charge on any atom is -0.481 e. The summed E-state index contributed by atoms with van der Waals surface area (Å²) in [5, 5.41) is 7.44. The standard InChI is InChI=1S/C23H26N4O.C20H18F3N3O2/c1-16-6-3-4-13-27(16)20-10-8-18(9-11-20)15-25-23(28)21-14-19-7-5-12-24-22(19)26-17(21)2;1-12-17(10-15-4-3-9-24-18(15)26-12)19(27)25-11-14-5-7-16(8-6-14)28-13(2)20(21,22)23/h5,7-12,14,16H,3-4,6,13,15H2,1-2H3,(H,25,28);3-10,13H,11H2,1-2H3,(H,25,27). The summed E-state index contributed by atoms with van der Waals surface area (Å²) in [5.74, 6) is -0.284. The number of hydrogen-bond donors (Lipinski definition) is 2. The highest BCUT2D eigenvalue weighted by molar-refractivity contribution is 5.98. The summed E-state index contributed by atoms with van der Waals surface area (Å²) in [6, 6.07) is 26.2. The van der Waals surface area contributed by atoms with Crippen LogP contribution in [0.1, 0.15) is 76.3 Å². The first-order chi connectivity index (χ1) is 26.9. The third kappa shape index (κ3) is 9.95. The highest BCUT2D eigenvalue weighted by Gasteiger charge is 2.38. The van der Waals surface area contributed by atoms with Crippen LogP contribution < -0.4 is 20.3 Å². The number of hydrogen-bond acceptors (Lipinski definition) is 8. The Hall–Kier alpha value is -6.11. The van der Waals surface area contributed by atoms with Crippen LogP contribution >= 0.6 is 0 Å². The van der Waals surface area contributed by atoms with Crippen LogP contribution in [-0.2, 0) is 13.1 Å². The molecule has 0 bridgehead atoms. The zero-order valence-corrected chi connectivity index (χ0v) is 31.7. The van der Waals surface area contributed by atoms with Gasteiger partial charge in [0.1, 0.15) is 5.75 Å². The zero-order chi connectivity index (χ0) is 39.8. The molecular formula is C43H44F3N7O3. The Bertz CT molecular complexity index is 2300. The topological polar surface area (TPSA) is 122 Å². The molecule has 7 rings (SSSR count). The molecular weight excluding hydrogens is 720 g/mol. The van der Waals surface area contributed by atoms with Crippen LogP contribution in [0.5, 0.6) is 5.75 Å². The van der Waals surface area contributed by atoms with Crippen molar-refractivity contribution in [3.05, 3.63) is 131 Å². The van der Waals surface area contributed by atoms with Crippen LogP contribution in [0.4, 0.5) is 18.9 Å². The number of pyridine rings is 4. The van der Waals surface area contributed by atoms with Gasteiger partial charge < -0.3 is 20.3 Å². The number of anilines is 1. The molecule has 0 spiro atoms. The van der Waals surface area contributed by atoms with Crippen molar-refractivity contribution in [3.8, 4) is 5.75 Å². The predicted molar refractivity (Wildman–Crippen MR) is 211 cm³/mol. The number of piperidine rings is 1. The van der Waals surface area contributed by atoms with E-state index in [-0.39, 0.29) is 24.1 Å². The lowest BCUT2D eigenvalue weighted by Gasteiger charge is -2.35. The molecule has 2 aromatic carbocycles. The fourth-order valence-corrected chi connectivity index (χ4v) is 6.45. The number of aromatic nitrogens is 4. The van der Waals surface area contributed by atoms with Crippen LogP contribution in [0.3, 0.4) is 0 Å². The maximum absolute atomic E-state index is 12.7. The SMILES string of the molecule is Cc1nc2ncccc2cc1C(=O)NCc1ccc(N2CCCCC2C)cc1.Cc1nc2ncccc2cc1C(=O)NCc1ccc(OC(C)C(F)(F)F)cc1. The number of benzene rings is 2. The molecule has 0 radical (unpaired) electrons. The number of nitrogens with zero attached hydrogens (tertiary/aromatic N) is 5. The zero-order valence-electron chi connectivity index (χ0n) is 31.7. The number of alkyl halides is 3. The number of ether oxygens (including phenoxy) is 1. The second kappa shape index (κ2) is 17.6. The van der Waals surface area contributed by atoms with Crippen LogP contribution in [0, 0.1) is 13.8 Å². The van der Waals surface area contributed by atoms with Gasteiger partial charge in [0.15, 0.2) is 17.4 Å². The van der Waals surface area contributed by atoms with E-state index >= 15 is 0 Å². The molecule has 2 unspecified atom stereocenters. The summed E-state index contributed by atoms with van der Waals surface area (Å²) in [5.41, 5.74) is 6.62. The lowest BCUT2D eigenvalue weighted by atomic mass is 10.0. The summed E-state index contributed by atoms with van der Waals surface area (Å²) >= 11 is 0.